The maximum absolute atomic E-state index is 13.3. The molecule has 1 N–H and O–H groups in total. The summed E-state index contributed by atoms with van der Waals surface area (Å²) in [6.07, 6.45) is -8.25. The van der Waals surface area contributed by atoms with E-state index in [2.05, 4.69) is 20.4 Å². The molecule has 0 bridgehead atoms. The van der Waals surface area contributed by atoms with Crippen molar-refractivity contribution in [2.75, 3.05) is 13.1 Å². The zero-order chi connectivity index (χ0) is 21.4. The van der Waals surface area contributed by atoms with Gasteiger partial charge in [0.25, 0.3) is 0 Å². The Morgan fingerprint density at radius 1 is 1.17 bits per heavy atom. The normalized spacial score (nSPS) is 23.0. The molecule has 5 nitrogen and oxygen atoms in total. The molecule has 29 heavy (non-hydrogen) atoms. The topological polar surface area (TPSA) is 44.4 Å². The summed E-state index contributed by atoms with van der Waals surface area (Å²) in [4.78, 5) is 8.94. The first-order valence-corrected chi connectivity index (χ1v) is 8.78. The third-order valence-electron chi connectivity index (χ3n) is 4.83. The van der Waals surface area contributed by atoms with E-state index in [4.69, 9.17) is 6.57 Å². The molecule has 2 heterocycles. The third-order valence-corrected chi connectivity index (χ3v) is 4.83. The van der Waals surface area contributed by atoms with Gasteiger partial charge in [0.15, 0.2) is 5.69 Å². The van der Waals surface area contributed by atoms with Crippen LogP contribution in [-0.2, 0) is 6.18 Å². The van der Waals surface area contributed by atoms with E-state index in [-0.39, 0.29) is 11.5 Å². The monoisotopic (exact) mass is 417 g/mol. The third kappa shape index (κ3) is 4.31. The van der Waals surface area contributed by atoms with Gasteiger partial charge in [-0.1, -0.05) is 6.07 Å². The SMILES string of the molecule is [C-]#[N+]c1ccc(N=C(N2CCCC2)C2(C)CC(C(F)(F)F)=NN2)cc1C(F)(F)F. The van der Waals surface area contributed by atoms with Crippen molar-refractivity contribution < 1.29 is 26.3 Å². The first-order valence-electron chi connectivity index (χ1n) is 8.78. The molecular formula is C18H17F6N5. The van der Waals surface area contributed by atoms with Crippen LogP contribution in [0.4, 0.5) is 37.7 Å². The fraction of sp³-hybridized carbons (Fsp3) is 0.500. The van der Waals surface area contributed by atoms with Gasteiger partial charge < -0.3 is 4.90 Å². The van der Waals surface area contributed by atoms with Crippen molar-refractivity contribution in [1.82, 2.24) is 10.3 Å². The van der Waals surface area contributed by atoms with E-state index in [9.17, 15) is 26.3 Å². The van der Waals surface area contributed by atoms with Gasteiger partial charge in [-0.2, -0.15) is 31.4 Å². The van der Waals surface area contributed by atoms with E-state index < -0.39 is 41.3 Å². The first-order chi connectivity index (χ1) is 13.4. The van der Waals surface area contributed by atoms with Crippen LogP contribution < -0.4 is 5.43 Å². The number of halogens is 6. The molecule has 2 aliphatic heterocycles. The number of likely N-dealkylation sites (tertiary alicyclic amines) is 1. The fourth-order valence-corrected chi connectivity index (χ4v) is 3.41. The highest BCUT2D eigenvalue weighted by molar-refractivity contribution is 6.02. The zero-order valence-electron chi connectivity index (χ0n) is 15.3. The molecular weight excluding hydrogens is 400 g/mol. The van der Waals surface area contributed by atoms with Crippen molar-refractivity contribution in [2.45, 2.75) is 44.1 Å². The van der Waals surface area contributed by atoms with Crippen LogP contribution in [0.5, 0.6) is 0 Å². The molecule has 0 radical (unpaired) electrons. The minimum Gasteiger partial charge on any atom is -0.358 e. The summed E-state index contributed by atoms with van der Waals surface area (Å²) in [6.45, 7) is 9.46. The van der Waals surface area contributed by atoms with Gasteiger partial charge in [0.1, 0.15) is 17.1 Å². The van der Waals surface area contributed by atoms with E-state index >= 15 is 0 Å². The number of hydrazone groups is 1. The number of hydrogen-bond acceptors (Lipinski definition) is 3. The first kappa shape index (κ1) is 21.0. The minimum atomic E-state index is -4.75. The predicted octanol–water partition coefficient (Wildman–Crippen LogP) is 5.05. The summed E-state index contributed by atoms with van der Waals surface area (Å²) >= 11 is 0. The van der Waals surface area contributed by atoms with Crippen molar-refractivity contribution in [3.8, 4) is 0 Å². The van der Waals surface area contributed by atoms with Gasteiger partial charge in [0.2, 0.25) is 0 Å². The molecule has 11 heteroatoms. The molecule has 3 rings (SSSR count). The van der Waals surface area contributed by atoms with Gasteiger partial charge in [0.05, 0.1) is 17.8 Å². The second-order valence-corrected chi connectivity index (χ2v) is 7.12. The lowest BCUT2D eigenvalue weighted by atomic mass is 9.94. The van der Waals surface area contributed by atoms with E-state index in [0.29, 0.717) is 13.1 Å². The molecule has 0 aromatic heterocycles. The standard InChI is InChI=1S/C18H17F6N5/c1-16(10-14(27-28-16)18(22,23)24)15(29-7-3-4-8-29)26-11-5-6-13(25-2)12(9-11)17(19,20)21/h5-6,9,28H,3-4,7-8,10H2,1H3. The van der Waals surface area contributed by atoms with Gasteiger partial charge in [-0.25, -0.2) is 9.84 Å². The number of amidine groups is 1. The van der Waals surface area contributed by atoms with Crippen molar-refractivity contribution in [1.29, 1.82) is 0 Å². The van der Waals surface area contributed by atoms with E-state index in [1.807, 2.05) is 0 Å². The number of aliphatic imine (C=N–C) groups is 1. The molecule has 1 unspecified atom stereocenters. The largest absolute Gasteiger partial charge is 0.431 e. The Kier molecular flexibility index (Phi) is 5.23. The second kappa shape index (κ2) is 7.24. The Hall–Kier alpha value is -2.77. The average molecular weight is 417 g/mol. The maximum atomic E-state index is 13.3. The van der Waals surface area contributed by atoms with E-state index in [0.717, 1.165) is 25.0 Å². The lowest BCUT2D eigenvalue weighted by Crippen LogP contribution is -2.52. The summed E-state index contributed by atoms with van der Waals surface area (Å²) in [6, 6.07) is 3.01. The van der Waals surface area contributed by atoms with Gasteiger partial charge in [-0.15, -0.1) is 0 Å². The average Bonchev–Trinajstić information content (AvgIpc) is 3.28. The Labute approximate surface area is 162 Å². The van der Waals surface area contributed by atoms with E-state index in [1.54, 1.807) is 4.90 Å². The van der Waals surface area contributed by atoms with Crippen LogP contribution in [0.15, 0.2) is 28.3 Å². The number of nitrogens with zero attached hydrogens (tertiary/aromatic N) is 4. The Balaban J connectivity index is 2.03. The number of alkyl halides is 6. The Morgan fingerprint density at radius 3 is 2.34 bits per heavy atom. The summed E-state index contributed by atoms with van der Waals surface area (Å²) in [5.74, 6) is 0.196. The van der Waals surface area contributed by atoms with E-state index in [1.165, 1.54) is 13.0 Å². The Bertz CT molecular complexity index is 889. The predicted molar refractivity (Wildman–Crippen MR) is 95.3 cm³/mol. The number of rotatable bonds is 2. The molecule has 0 amide bonds. The minimum absolute atomic E-state index is 0.0879. The highest BCUT2D eigenvalue weighted by Gasteiger charge is 2.48. The summed E-state index contributed by atoms with van der Waals surface area (Å²) in [7, 11) is 0. The molecule has 0 saturated carbocycles. The fourth-order valence-electron chi connectivity index (χ4n) is 3.41. The number of hydrogen-bond donors (Lipinski definition) is 1. The van der Waals surface area contributed by atoms with Gasteiger partial charge >= 0.3 is 12.4 Å². The zero-order valence-corrected chi connectivity index (χ0v) is 15.3. The second-order valence-electron chi connectivity index (χ2n) is 7.12. The van der Waals surface area contributed by atoms with Crippen LogP contribution in [0.1, 0.15) is 31.7 Å². The molecule has 1 aromatic carbocycles. The molecule has 2 aliphatic rings. The van der Waals surface area contributed by atoms with Crippen molar-refractivity contribution in [2.24, 2.45) is 10.1 Å². The van der Waals surface area contributed by atoms with Crippen LogP contribution in [0.2, 0.25) is 0 Å². The molecule has 156 valence electrons. The van der Waals surface area contributed by atoms with Gasteiger partial charge in [0, 0.05) is 19.5 Å². The van der Waals surface area contributed by atoms with Crippen molar-refractivity contribution in [3.63, 3.8) is 0 Å². The highest BCUT2D eigenvalue weighted by atomic mass is 19.4. The molecule has 0 spiro atoms. The van der Waals surface area contributed by atoms with Gasteiger partial charge in [-0.05, 0) is 31.9 Å². The maximum Gasteiger partial charge on any atom is 0.431 e. The molecule has 1 saturated heterocycles. The van der Waals surface area contributed by atoms with Crippen LogP contribution in [0, 0.1) is 6.57 Å². The van der Waals surface area contributed by atoms with Crippen molar-refractivity contribution in [3.05, 3.63) is 35.2 Å². The Morgan fingerprint density at radius 2 is 1.83 bits per heavy atom. The highest BCUT2D eigenvalue weighted by Crippen LogP contribution is 2.39. The molecule has 1 aromatic rings. The summed E-state index contributed by atoms with van der Waals surface area (Å²) in [5, 5.41) is 3.39. The molecule has 0 aliphatic carbocycles. The number of benzene rings is 1. The van der Waals surface area contributed by atoms with Crippen LogP contribution in [0.3, 0.4) is 0 Å². The lowest BCUT2D eigenvalue weighted by molar-refractivity contribution is -0.136. The number of nitrogens with one attached hydrogen (secondary N) is 1. The molecule has 1 atom stereocenters. The lowest BCUT2D eigenvalue weighted by Gasteiger charge is -2.33. The van der Waals surface area contributed by atoms with Gasteiger partial charge in [-0.3, -0.25) is 5.43 Å². The summed E-state index contributed by atoms with van der Waals surface area (Å²) in [5.41, 5.74) is -1.61. The summed E-state index contributed by atoms with van der Waals surface area (Å²) < 4.78 is 78.9. The molecule has 1 fully saturated rings. The smallest absolute Gasteiger partial charge is 0.358 e. The van der Waals surface area contributed by atoms with Crippen LogP contribution in [0.25, 0.3) is 4.85 Å². The van der Waals surface area contributed by atoms with Crippen LogP contribution >= 0.6 is 0 Å². The van der Waals surface area contributed by atoms with Crippen LogP contribution in [-0.4, -0.2) is 41.3 Å². The van der Waals surface area contributed by atoms with Crippen molar-refractivity contribution >= 4 is 22.9 Å². The quantitative estimate of drug-likeness (QED) is 0.317.